The number of rotatable bonds is 2. The van der Waals surface area contributed by atoms with Crippen molar-refractivity contribution in [2.75, 3.05) is 0 Å². The topological polar surface area (TPSA) is 50.4 Å². The van der Waals surface area contributed by atoms with Crippen LogP contribution in [0.15, 0.2) is 24.2 Å². The summed E-state index contributed by atoms with van der Waals surface area (Å²) in [5.74, 6) is -3.97. The molecule has 0 bridgehead atoms. The predicted octanol–water partition coefficient (Wildman–Crippen LogP) is 3.01. The predicted molar refractivity (Wildman–Crippen MR) is 73.0 cm³/mol. The van der Waals surface area contributed by atoms with E-state index >= 15 is 0 Å². The van der Waals surface area contributed by atoms with Gasteiger partial charge in [-0.3, -0.25) is 10.1 Å². The van der Waals surface area contributed by atoms with Crippen LogP contribution in [0.25, 0.3) is 0 Å². The molecule has 3 rings (SSSR count). The van der Waals surface area contributed by atoms with Gasteiger partial charge in [0.25, 0.3) is 0 Å². The van der Waals surface area contributed by atoms with Gasteiger partial charge >= 0.3 is 6.36 Å². The van der Waals surface area contributed by atoms with Crippen LogP contribution in [-0.4, -0.2) is 17.9 Å². The molecule has 1 aliphatic carbocycles. The van der Waals surface area contributed by atoms with Crippen LogP contribution in [0.1, 0.15) is 64.0 Å². The van der Waals surface area contributed by atoms with Gasteiger partial charge in [-0.05, 0) is 43.1 Å². The number of ether oxygens (including phenoxy) is 1. The van der Waals surface area contributed by atoms with Crippen molar-refractivity contribution < 1.29 is 46.1 Å². The molecule has 2 N–H and O–H groups in total. The van der Waals surface area contributed by atoms with E-state index in [1.807, 2.05) is 0 Å². The van der Waals surface area contributed by atoms with Gasteiger partial charge in [0, 0.05) is 13.7 Å². The molecule has 4 nitrogen and oxygen atoms in total. The molecule has 1 atom stereocenters. The average molecular weight is 331 g/mol. The maximum Gasteiger partial charge on any atom is 0.573 e. The second-order valence-electron chi connectivity index (χ2n) is 3.93. The molecule has 0 radical (unpaired) electrons. The Morgan fingerprint density at radius 2 is 1.95 bits per heavy atom. The van der Waals surface area contributed by atoms with E-state index in [1.54, 1.807) is 0 Å². The first-order valence-electron chi connectivity index (χ1n) is 14.0. The van der Waals surface area contributed by atoms with Gasteiger partial charge in [-0.2, -0.15) is 0 Å². The van der Waals surface area contributed by atoms with Crippen LogP contribution in [0.5, 0.6) is 5.75 Å². The zero-order valence-electron chi connectivity index (χ0n) is 27.3. The third-order valence-electron chi connectivity index (χ3n) is 2.39. The van der Waals surface area contributed by atoms with Gasteiger partial charge in [0.15, 0.2) is 1.41 Å². The number of alkyl halides is 3. The Labute approximate surface area is 150 Å². The number of amides is 1. The molecule has 1 heterocycles. The summed E-state index contributed by atoms with van der Waals surface area (Å²) in [7, 11) is 0. The first-order valence-corrected chi connectivity index (χ1v) is 5.57. The lowest BCUT2D eigenvalue weighted by atomic mass is 9.89. The Bertz CT molecular complexity index is 1200. The fraction of sp³-hybridized carbons (Fsp3) is 0.533. The van der Waals surface area contributed by atoms with Gasteiger partial charge in [0.1, 0.15) is 13.2 Å². The minimum absolute atomic E-state index is 0.811. The number of carbonyl (C=O) groups excluding carboxylic acids is 1. The molecule has 1 saturated heterocycles. The number of hydrogen-bond donors (Lipinski definition) is 2. The molecule has 2 fully saturated rings. The Kier molecular flexibility index (Phi) is 1.21. The Balaban J connectivity index is 2.47. The lowest BCUT2D eigenvalue weighted by Crippen LogP contribution is -2.51. The molecule has 120 valence electrons. The van der Waals surface area contributed by atoms with E-state index in [2.05, 4.69) is 4.74 Å². The molecule has 2 aliphatic rings. The monoisotopic (exact) mass is 331 g/mol. The van der Waals surface area contributed by atoms with Crippen LogP contribution in [0, 0.1) is 0 Å². The van der Waals surface area contributed by atoms with Crippen molar-refractivity contribution in [1.29, 1.82) is 0 Å². The van der Waals surface area contributed by atoms with Crippen LogP contribution in [-0.2, 0) is 4.79 Å². The van der Waals surface area contributed by atoms with E-state index in [-0.39, 0.29) is 0 Å². The van der Waals surface area contributed by atoms with E-state index in [9.17, 15) is 18.0 Å². The van der Waals surface area contributed by atoms with Crippen molar-refractivity contribution >= 4 is 5.91 Å². The second kappa shape index (κ2) is 5.46. The molecule has 7 heteroatoms. The fourth-order valence-corrected chi connectivity index (χ4v) is 1.59. The summed E-state index contributed by atoms with van der Waals surface area (Å²) in [6, 6.07) is -10.5. The van der Waals surface area contributed by atoms with Crippen molar-refractivity contribution in [2.45, 2.75) is 49.9 Å². The number of nitrogens with one attached hydrogen (secondary N) is 2. The van der Waals surface area contributed by atoms with Crippen molar-refractivity contribution in [3.8, 4) is 5.75 Å². The zero-order valence-corrected chi connectivity index (χ0v) is 10.3. The average Bonchev–Trinajstić information content (AvgIpc) is 2.92. The van der Waals surface area contributed by atoms with Crippen molar-refractivity contribution in [2.24, 2.45) is 0 Å². The smallest absolute Gasteiger partial charge is 0.406 e. The quantitative estimate of drug-likeness (QED) is 0.876. The molecule has 1 spiro atoms. The molecule has 0 aromatic heterocycles. The highest BCUT2D eigenvalue weighted by molar-refractivity contribution is 5.86. The fourth-order valence-electron chi connectivity index (χ4n) is 1.59. The van der Waals surface area contributed by atoms with Crippen LogP contribution in [0.2, 0.25) is 2.82 Å². The maximum absolute atomic E-state index is 13.3. The number of carbonyl (C=O) groups is 1. The highest BCUT2D eigenvalue weighted by atomic mass is 19.4. The highest BCUT2D eigenvalue weighted by Gasteiger charge is 2.44. The molecule has 1 aromatic rings. The summed E-state index contributed by atoms with van der Waals surface area (Å²) in [4.78, 5) is 13.3. The molecule has 1 unspecified atom stereocenters. The Hall–Kier alpha value is -1.76. The number of hydrogen-bond acceptors (Lipinski definition) is 3. The molecule has 1 aromatic carbocycles. The van der Waals surface area contributed by atoms with E-state index < -0.39 is 102 Å². The summed E-state index contributed by atoms with van der Waals surface area (Å²) in [5.41, 5.74) is -5.79. The van der Waals surface area contributed by atoms with Crippen LogP contribution < -0.4 is 15.4 Å². The summed E-state index contributed by atoms with van der Waals surface area (Å²) in [5, 5.41) is -1.65. The Morgan fingerprint density at radius 1 is 1.32 bits per heavy atom. The zero-order chi connectivity index (χ0) is 30.9. The molecule has 1 saturated carbocycles. The Morgan fingerprint density at radius 3 is 2.55 bits per heavy atom. The minimum atomic E-state index is -5.54. The first-order chi connectivity index (χ1) is 17.1. The number of benzene rings is 1. The van der Waals surface area contributed by atoms with Gasteiger partial charge in [-0.1, -0.05) is 18.5 Å². The molecule has 1 amide bonds. The largest absolute Gasteiger partial charge is 0.573 e. The molecular weight excluding hydrogens is 297 g/mol. The van der Waals surface area contributed by atoms with Gasteiger partial charge in [0.05, 0.1) is 12.5 Å². The second-order valence-corrected chi connectivity index (χ2v) is 3.93. The summed E-state index contributed by atoms with van der Waals surface area (Å²) >= 11 is 0. The van der Waals surface area contributed by atoms with Crippen molar-refractivity contribution in [3.63, 3.8) is 0 Å². The summed E-state index contributed by atoms with van der Waals surface area (Å²) < 4.78 is 180. The van der Waals surface area contributed by atoms with E-state index in [4.69, 9.17) is 23.4 Å². The molecular formula is C15H17F3N2O2. The van der Waals surface area contributed by atoms with E-state index in [1.165, 1.54) is 0 Å². The van der Waals surface area contributed by atoms with Crippen molar-refractivity contribution in [1.82, 2.24) is 10.6 Å². The minimum Gasteiger partial charge on any atom is -0.406 e. The van der Waals surface area contributed by atoms with E-state index in [0.717, 1.165) is 0 Å². The third kappa shape index (κ3) is 3.19. The standard InChI is InChI=1S/C15H17F3N2O2/c16-15(17,18)22-11-6-4-10(5-7-11)12-13(21)20-14(19-12)8-2-1-3-9-14/h4-7,12,19H,1-3,8-9H2,(H,20,21)/i1D2,2D2,3D2,4D,5D,6D,7D,8D2,9D2,12D/hD2. The van der Waals surface area contributed by atoms with Crippen LogP contribution in [0.3, 0.4) is 0 Å². The van der Waals surface area contributed by atoms with Crippen LogP contribution in [0.4, 0.5) is 13.2 Å². The lowest BCUT2D eigenvalue weighted by Gasteiger charge is -2.33. The van der Waals surface area contributed by atoms with E-state index in [0.29, 0.717) is 0 Å². The molecule has 1 aliphatic heterocycles. The van der Waals surface area contributed by atoms with Crippen molar-refractivity contribution in [3.05, 3.63) is 29.7 Å². The lowest BCUT2D eigenvalue weighted by molar-refractivity contribution is -0.274. The normalized spacial score (nSPS) is 51.7. The summed E-state index contributed by atoms with van der Waals surface area (Å²) in [6.45, 7) is 0. The van der Waals surface area contributed by atoms with Gasteiger partial charge in [0.2, 0.25) is 5.91 Å². The highest BCUT2D eigenvalue weighted by Crippen LogP contribution is 2.34. The van der Waals surface area contributed by atoms with Gasteiger partial charge < -0.3 is 10.0 Å². The third-order valence-corrected chi connectivity index (χ3v) is 2.39. The number of halogens is 3. The van der Waals surface area contributed by atoms with Crippen LogP contribution >= 0.6 is 0 Å². The summed E-state index contributed by atoms with van der Waals surface area (Å²) in [6.07, 6.45) is -26.4. The SMILES string of the molecule is [2H]c1c([2H])c(C2([2H])C(=O)N([2H])C3(N2[2H])C([2H])([2H])C([2H])([2H])C([2H])([2H])C([2H])([2H])C3([2H])[2H])c([2H])c([2H])c1OC(F)(F)F. The molecule has 22 heavy (non-hydrogen) atoms. The first kappa shape index (κ1) is 4.87. The van der Waals surface area contributed by atoms with Gasteiger partial charge in [-0.25, -0.2) is 0 Å². The van der Waals surface area contributed by atoms with Gasteiger partial charge in [-0.15, -0.1) is 13.2 Å². The maximum atomic E-state index is 13.3.